The van der Waals surface area contributed by atoms with Crippen LogP contribution >= 0.6 is 0 Å². The first-order chi connectivity index (χ1) is 18.5. The van der Waals surface area contributed by atoms with Gasteiger partial charge in [-0.05, 0) is 63.9 Å². The van der Waals surface area contributed by atoms with Crippen LogP contribution in [0.1, 0.15) is 71.4 Å². The quantitative estimate of drug-likeness (QED) is 0.108. The predicted molar refractivity (Wildman–Crippen MR) is 164 cm³/mol. The maximum Gasteiger partial charge on any atom is 0.159 e. The fourth-order valence-corrected chi connectivity index (χ4v) is 5.17. The average molecular weight is 711 g/mol. The van der Waals surface area contributed by atoms with Crippen molar-refractivity contribution < 1.29 is 30.0 Å². The number of rotatable bonds is 6. The van der Waals surface area contributed by atoms with Crippen LogP contribution in [0.3, 0.4) is 0 Å². The molecule has 1 heterocycles. The van der Waals surface area contributed by atoms with Crippen LogP contribution in [-0.2, 0) is 24.9 Å². The minimum Gasteiger partial charge on any atom is -0.512 e. The number of ketones is 1. The number of aliphatic hydroxyl groups is 1. The Bertz CT molecular complexity index is 1530. The summed E-state index contributed by atoms with van der Waals surface area (Å²) >= 11 is 0. The summed E-state index contributed by atoms with van der Waals surface area (Å²) in [4.78, 5) is 16.0. The van der Waals surface area contributed by atoms with E-state index in [1.807, 2.05) is 40.0 Å². The normalized spacial score (nSPS) is 11.9. The number of pyridine rings is 1. The van der Waals surface area contributed by atoms with Gasteiger partial charge < -0.3 is 10.1 Å². The Morgan fingerprint density at radius 1 is 0.900 bits per heavy atom. The van der Waals surface area contributed by atoms with E-state index in [-0.39, 0.29) is 31.6 Å². The molecular formula is C36H40IrNO2-. The van der Waals surface area contributed by atoms with Crippen molar-refractivity contribution in [1.82, 2.24) is 4.98 Å². The molecule has 0 fully saturated rings. The van der Waals surface area contributed by atoms with Gasteiger partial charge in [-0.1, -0.05) is 88.6 Å². The number of fused-ring (bicyclic) bond motifs is 5. The van der Waals surface area contributed by atoms with E-state index in [4.69, 9.17) is 4.98 Å². The monoisotopic (exact) mass is 711 g/mol. The summed E-state index contributed by atoms with van der Waals surface area (Å²) in [5.41, 5.74) is 9.84. The maximum atomic E-state index is 11.2. The Balaban J connectivity index is 0.000000272. The number of carbonyl (C=O) groups is 1. The van der Waals surface area contributed by atoms with Crippen molar-refractivity contribution >= 4 is 16.6 Å². The van der Waals surface area contributed by atoms with E-state index >= 15 is 0 Å². The van der Waals surface area contributed by atoms with Gasteiger partial charge in [-0.25, -0.2) is 0 Å². The fraction of sp³-hybridized carbons (Fsp3) is 0.333. The molecule has 1 radical (unpaired) electrons. The molecule has 5 rings (SSSR count). The number of carbonyl (C=O) groups excluding carboxylic acids is 1. The van der Waals surface area contributed by atoms with Gasteiger partial charge in [0.05, 0.1) is 5.76 Å². The predicted octanol–water partition coefficient (Wildman–Crippen LogP) is 9.87. The number of hydrogen-bond donors (Lipinski definition) is 1. The third-order valence-electron chi connectivity index (χ3n) is 6.96. The van der Waals surface area contributed by atoms with Crippen LogP contribution in [0, 0.1) is 24.8 Å². The number of hydrogen-bond acceptors (Lipinski definition) is 3. The second-order valence-electron chi connectivity index (χ2n) is 11.8. The Morgan fingerprint density at radius 2 is 1.62 bits per heavy atom. The third-order valence-corrected chi connectivity index (χ3v) is 6.96. The number of aryl methyl sites for hydroxylation is 1. The minimum atomic E-state index is 0. The molecule has 3 nitrogen and oxygen atoms in total. The Labute approximate surface area is 253 Å². The van der Waals surface area contributed by atoms with Gasteiger partial charge in [0.2, 0.25) is 0 Å². The summed E-state index contributed by atoms with van der Waals surface area (Å²) < 4.78 is 0. The van der Waals surface area contributed by atoms with Crippen LogP contribution in [0.5, 0.6) is 0 Å². The number of benzene rings is 3. The van der Waals surface area contributed by atoms with Gasteiger partial charge in [-0.2, -0.15) is 0 Å². The molecule has 0 atom stereocenters. The zero-order chi connectivity index (χ0) is 28.3. The van der Waals surface area contributed by atoms with Crippen molar-refractivity contribution in [1.29, 1.82) is 0 Å². The molecular weight excluding hydrogens is 671 g/mol. The topological polar surface area (TPSA) is 50.2 Å². The van der Waals surface area contributed by atoms with Crippen molar-refractivity contribution in [2.24, 2.45) is 11.8 Å². The average Bonchev–Trinajstić information content (AvgIpc) is 2.97. The molecule has 1 aliphatic carbocycles. The Morgan fingerprint density at radius 3 is 2.30 bits per heavy atom. The van der Waals surface area contributed by atoms with Gasteiger partial charge in [0, 0.05) is 45.2 Å². The van der Waals surface area contributed by atoms with Crippen molar-refractivity contribution in [2.45, 2.75) is 67.2 Å². The van der Waals surface area contributed by atoms with Gasteiger partial charge >= 0.3 is 0 Å². The molecule has 1 N–H and O–H groups in total. The molecule has 0 saturated heterocycles. The standard InChI is InChI=1S/C25H20N.C11H20O2.Ir/c1-15(2)18-13-17-10-11-26-25-21-7-5-4-6-19(21)22-12-16(3)8-9-20(22)23(14-18)24(17)25;1-8(2)5-10(12)7-11(13)6-9(3)4;/h4-6,8-15H,1-3H3;7-9,12H,5-6H2,1-4H3;/q-1;;/b;10-7-;. The fourth-order valence-electron chi connectivity index (χ4n) is 5.17. The molecule has 0 aliphatic heterocycles. The van der Waals surface area contributed by atoms with Gasteiger partial charge in [-0.3, -0.25) is 4.79 Å². The Kier molecular flexibility index (Phi) is 10.6. The van der Waals surface area contributed by atoms with E-state index in [0.29, 0.717) is 30.6 Å². The SMILES string of the molecule is CC(C)CC(=O)/C=C(\O)CC(C)C.Cc1ccc2c(c1)-c1ccc[c-]c1-c1nccc3cc(C(C)C)cc-2c13.[Ir]. The molecule has 0 amide bonds. The molecule has 0 spiro atoms. The summed E-state index contributed by atoms with van der Waals surface area (Å²) in [7, 11) is 0. The molecule has 4 aromatic rings. The van der Waals surface area contributed by atoms with E-state index in [1.54, 1.807) is 0 Å². The minimum absolute atomic E-state index is 0. The molecule has 1 aromatic heterocycles. The maximum absolute atomic E-state index is 11.2. The number of aromatic nitrogens is 1. The summed E-state index contributed by atoms with van der Waals surface area (Å²) in [5.74, 6) is 1.46. The summed E-state index contributed by atoms with van der Waals surface area (Å²) in [5, 5.41) is 11.8. The van der Waals surface area contributed by atoms with E-state index in [0.717, 1.165) is 11.3 Å². The van der Waals surface area contributed by atoms with Gasteiger partial charge in [0.25, 0.3) is 0 Å². The van der Waals surface area contributed by atoms with E-state index in [2.05, 4.69) is 75.4 Å². The zero-order valence-corrected chi connectivity index (χ0v) is 27.0. The molecule has 4 heteroatoms. The second-order valence-corrected chi connectivity index (χ2v) is 11.8. The summed E-state index contributed by atoms with van der Waals surface area (Å²) in [6.07, 6.45) is 4.39. The Hall–Kier alpha value is -3.07. The largest absolute Gasteiger partial charge is 0.512 e. The smallest absolute Gasteiger partial charge is 0.159 e. The first-order valence-corrected chi connectivity index (χ1v) is 14.0. The molecule has 40 heavy (non-hydrogen) atoms. The van der Waals surface area contributed by atoms with Crippen molar-refractivity contribution in [3.05, 3.63) is 89.8 Å². The first kappa shape index (κ1) is 31.5. The third kappa shape index (κ3) is 7.16. The number of nitrogens with zero attached hydrogens (tertiary/aromatic N) is 1. The molecule has 0 bridgehead atoms. The van der Waals surface area contributed by atoms with Crippen molar-refractivity contribution in [2.75, 3.05) is 0 Å². The van der Waals surface area contributed by atoms with Crippen LogP contribution in [0.4, 0.5) is 0 Å². The summed E-state index contributed by atoms with van der Waals surface area (Å²) in [6, 6.07) is 23.3. The zero-order valence-electron chi connectivity index (χ0n) is 24.6. The van der Waals surface area contributed by atoms with Crippen LogP contribution in [0.25, 0.3) is 44.3 Å². The molecule has 3 aromatic carbocycles. The number of allylic oxidation sites excluding steroid dienone is 2. The van der Waals surface area contributed by atoms with Crippen LogP contribution < -0.4 is 0 Å². The molecule has 0 saturated carbocycles. The van der Waals surface area contributed by atoms with E-state index in [1.165, 1.54) is 50.2 Å². The van der Waals surface area contributed by atoms with Crippen LogP contribution in [0.15, 0.2) is 72.6 Å². The summed E-state index contributed by atoms with van der Waals surface area (Å²) in [6.45, 7) is 14.7. The van der Waals surface area contributed by atoms with Gasteiger partial charge in [-0.15, -0.1) is 29.8 Å². The molecule has 1 aliphatic rings. The van der Waals surface area contributed by atoms with Gasteiger partial charge in [0.1, 0.15) is 0 Å². The van der Waals surface area contributed by atoms with Crippen molar-refractivity contribution in [3.8, 4) is 33.5 Å². The first-order valence-electron chi connectivity index (χ1n) is 14.0. The van der Waals surface area contributed by atoms with Gasteiger partial charge in [0.15, 0.2) is 5.78 Å². The van der Waals surface area contributed by atoms with E-state index in [9.17, 15) is 9.90 Å². The van der Waals surface area contributed by atoms with Crippen LogP contribution in [-0.4, -0.2) is 15.9 Å². The second kappa shape index (κ2) is 13.5. The molecule has 211 valence electrons. The van der Waals surface area contributed by atoms with Crippen LogP contribution in [0.2, 0.25) is 0 Å². The molecule has 0 unspecified atom stereocenters. The van der Waals surface area contributed by atoms with E-state index < -0.39 is 0 Å². The number of aliphatic hydroxyl groups excluding tert-OH is 1. The van der Waals surface area contributed by atoms with Crippen molar-refractivity contribution in [3.63, 3.8) is 0 Å².